The molecule has 1 saturated heterocycles. The van der Waals surface area contributed by atoms with Gasteiger partial charge in [0.2, 0.25) is 0 Å². The monoisotopic (exact) mass is 376 g/mol. The largest absolute Gasteiger partial charge is 0.453 e. The van der Waals surface area contributed by atoms with E-state index in [0.717, 1.165) is 36.4 Å². The molecule has 1 N–H and O–H groups in total. The van der Waals surface area contributed by atoms with Crippen LogP contribution in [0, 0.1) is 3.57 Å². The number of halogens is 1. The van der Waals surface area contributed by atoms with Gasteiger partial charge < -0.3 is 14.4 Å². The molecule has 2 rings (SSSR count). The minimum atomic E-state index is -0.231. The van der Waals surface area contributed by atoms with Crippen LogP contribution in [0.4, 0.5) is 0 Å². The van der Waals surface area contributed by atoms with Crippen LogP contribution in [0.1, 0.15) is 17.3 Å². The van der Waals surface area contributed by atoms with Gasteiger partial charge in [-0.25, -0.2) is 4.79 Å². The van der Waals surface area contributed by atoms with Crippen molar-refractivity contribution in [1.82, 2.24) is 0 Å². The molecule has 19 heavy (non-hydrogen) atoms. The van der Waals surface area contributed by atoms with Crippen molar-refractivity contribution in [3.8, 4) is 0 Å². The Kier molecular flexibility index (Phi) is 5.59. The summed E-state index contributed by atoms with van der Waals surface area (Å²) in [6.45, 7) is 6.38. The quantitative estimate of drug-likeness (QED) is 0.623. The predicted molar refractivity (Wildman–Crippen MR) is 80.4 cm³/mol. The Morgan fingerprint density at radius 1 is 1.42 bits per heavy atom. The number of rotatable bonds is 4. The van der Waals surface area contributed by atoms with Gasteiger partial charge in [0.25, 0.3) is 0 Å². The Morgan fingerprint density at radius 3 is 2.79 bits per heavy atom. The summed E-state index contributed by atoms with van der Waals surface area (Å²) in [6.07, 6.45) is -0.0726. The van der Waals surface area contributed by atoms with Crippen molar-refractivity contribution in [2.75, 3.05) is 32.8 Å². The van der Waals surface area contributed by atoms with Gasteiger partial charge in [-0.15, -0.1) is 0 Å². The van der Waals surface area contributed by atoms with E-state index in [0.29, 0.717) is 5.56 Å². The van der Waals surface area contributed by atoms with Gasteiger partial charge in [0.1, 0.15) is 25.7 Å². The number of hydrogen-bond acceptors (Lipinski definition) is 3. The van der Waals surface area contributed by atoms with Crippen molar-refractivity contribution in [3.63, 3.8) is 0 Å². The van der Waals surface area contributed by atoms with Gasteiger partial charge in [0.15, 0.2) is 0 Å². The first-order valence-corrected chi connectivity index (χ1v) is 7.61. The van der Waals surface area contributed by atoms with Crippen LogP contribution in [0.3, 0.4) is 0 Å². The number of esters is 1. The van der Waals surface area contributed by atoms with E-state index >= 15 is 0 Å². The highest BCUT2D eigenvalue weighted by Crippen LogP contribution is 2.13. The molecule has 1 unspecified atom stereocenters. The standard InChI is InChI=1S/C14H18INO3/c1-11(10-16-6-8-18-9-7-16)19-14(17)12-4-2-3-5-13(12)15/h2-5,11H,6-10H2,1H3/p+1. The van der Waals surface area contributed by atoms with Crippen molar-refractivity contribution in [1.29, 1.82) is 0 Å². The second-order valence-electron chi connectivity index (χ2n) is 4.76. The molecule has 0 aliphatic carbocycles. The van der Waals surface area contributed by atoms with Gasteiger partial charge in [-0.3, -0.25) is 0 Å². The summed E-state index contributed by atoms with van der Waals surface area (Å²) in [5, 5.41) is 0. The zero-order valence-electron chi connectivity index (χ0n) is 11.0. The second kappa shape index (κ2) is 7.21. The van der Waals surface area contributed by atoms with E-state index in [1.165, 1.54) is 4.90 Å². The molecular weight excluding hydrogens is 357 g/mol. The molecule has 0 aromatic heterocycles. The zero-order valence-corrected chi connectivity index (χ0v) is 13.2. The third-order valence-electron chi connectivity index (χ3n) is 3.18. The normalized spacial score (nSPS) is 18.0. The first kappa shape index (κ1) is 14.7. The predicted octanol–water partition coefficient (Wildman–Crippen LogP) is 0.752. The van der Waals surface area contributed by atoms with E-state index in [-0.39, 0.29) is 12.1 Å². The number of quaternary nitrogens is 1. The SMILES string of the molecule is CC(C[NH+]1CCOCC1)OC(=O)c1ccccc1I. The van der Waals surface area contributed by atoms with E-state index in [1.807, 2.05) is 25.1 Å². The van der Waals surface area contributed by atoms with Crippen LogP contribution in [-0.2, 0) is 9.47 Å². The average Bonchev–Trinajstić information content (AvgIpc) is 2.40. The van der Waals surface area contributed by atoms with E-state index in [1.54, 1.807) is 6.07 Å². The molecule has 1 fully saturated rings. The fraction of sp³-hybridized carbons (Fsp3) is 0.500. The number of nitrogens with one attached hydrogen (secondary N) is 1. The van der Waals surface area contributed by atoms with Crippen molar-refractivity contribution < 1.29 is 19.2 Å². The molecule has 1 aromatic rings. The highest BCUT2D eigenvalue weighted by Gasteiger charge is 2.20. The summed E-state index contributed by atoms with van der Waals surface area (Å²) in [6, 6.07) is 7.49. The first-order chi connectivity index (χ1) is 9.16. The van der Waals surface area contributed by atoms with Crippen LogP contribution in [0.25, 0.3) is 0 Å². The molecule has 1 aliphatic rings. The summed E-state index contributed by atoms with van der Waals surface area (Å²) in [4.78, 5) is 13.5. The summed E-state index contributed by atoms with van der Waals surface area (Å²) < 4.78 is 11.8. The number of morpholine rings is 1. The Hall–Kier alpha value is -0.660. The third-order valence-corrected chi connectivity index (χ3v) is 4.12. The van der Waals surface area contributed by atoms with Gasteiger partial charge in [0, 0.05) is 3.57 Å². The minimum Gasteiger partial charge on any atom is -0.453 e. The molecule has 1 atom stereocenters. The topological polar surface area (TPSA) is 40.0 Å². The molecule has 0 spiro atoms. The molecule has 1 heterocycles. The lowest BCUT2D eigenvalue weighted by molar-refractivity contribution is -0.910. The van der Waals surface area contributed by atoms with Crippen molar-refractivity contribution in [2.24, 2.45) is 0 Å². The van der Waals surface area contributed by atoms with Gasteiger partial charge >= 0.3 is 5.97 Å². The maximum Gasteiger partial charge on any atom is 0.339 e. The lowest BCUT2D eigenvalue weighted by Crippen LogP contribution is -3.15. The summed E-state index contributed by atoms with van der Waals surface area (Å²) in [5.74, 6) is -0.231. The lowest BCUT2D eigenvalue weighted by atomic mass is 10.2. The number of hydrogen-bond donors (Lipinski definition) is 1. The summed E-state index contributed by atoms with van der Waals surface area (Å²) >= 11 is 2.16. The number of carbonyl (C=O) groups excluding carboxylic acids is 1. The molecule has 0 saturated carbocycles. The van der Waals surface area contributed by atoms with Gasteiger partial charge in [0.05, 0.1) is 18.8 Å². The molecule has 0 bridgehead atoms. The molecule has 1 aromatic carbocycles. The van der Waals surface area contributed by atoms with Crippen LogP contribution in [0.5, 0.6) is 0 Å². The van der Waals surface area contributed by atoms with E-state index in [2.05, 4.69) is 22.6 Å². The van der Waals surface area contributed by atoms with E-state index in [4.69, 9.17) is 9.47 Å². The van der Waals surface area contributed by atoms with Crippen LogP contribution in [0.15, 0.2) is 24.3 Å². The fourth-order valence-electron chi connectivity index (χ4n) is 2.19. The molecule has 1 aliphatic heterocycles. The number of ether oxygens (including phenoxy) is 2. The summed E-state index contributed by atoms with van der Waals surface area (Å²) in [7, 11) is 0. The Bertz CT molecular complexity index is 432. The summed E-state index contributed by atoms with van der Waals surface area (Å²) in [5.41, 5.74) is 0.645. The zero-order chi connectivity index (χ0) is 13.7. The first-order valence-electron chi connectivity index (χ1n) is 6.53. The van der Waals surface area contributed by atoms with E-state index in [9.17, 15) is 4.79 Å². The van der Waals surface area contributed by atoms with Crippen molar-refractivity contribution in [3.05, 3.63) is 33.4 Å². The van der Waals surface area contributed by atoms with E-state index < -0.39 is 0 Å². The van der Waals surface area contributed by atoms with Gasteiger partial charge in [-0.2, -0.15) is 0 Å². The van der Waals surface area contributed by atoms with Crippen LogP contribution >= 0.6 is 22.6 Å². The molecule has 4 nitrogen and oxygen atoms in total. The molecular formula is C14H19INO3+. The molecule has 0 radical (unpaired) electrons. The average molecular weight is 376 g/mol. The second-order valence-corrected chi connectivity index (χ2v) is 5.92. The van der Waals surface area contributed by atoms with Crippen molar-refractivity contribution >= 4 is 28.6 Å². The number of carbonyl (C=O) groups is 1. The van der Waals surface area contributed by atoms with Crippen LogP contribution < -0.4 is 4.90 Å². The third kappa shape index (κ3) is 4.43. The lowest BCUT2D eigenvalue weighted by Gasteiger charge is -2.26. The molecule has 104 valence electrons. The molecule has 5 heteroatoms. The maximum absolute atomic E-state index is 12.1. The maximum atomic E-state index is 12.1. The Labute approximate surface area is 127 Å². The smallest absolute Gasteiger partial charge is 0.339 e. The van der Waals surface area contributed by atoms with Crippen LogP contribution in [-0.4, -0.2) is 44.9 Å². The van der Waals surface area contributed by atoms with Crippen LogP contribution in [0.2, 0.25) is 0 Å². The fourth-order valence-corrected chi connectivity index (χ4v) is 2.79. The minimum absolute atomic E-state index is 0.0726. The Morgan fingerprint density at radius 2 is 2.11 bits per heavy atom. The van der Waals surface area contributed by atoms with Gasteiger partial charge in [-0.05, 0) is 41.6 Å². The van der Waals surface area contributed by atoms with Crippen molar-refractivity contribution in [2.45, 2.75) is 13.0 Å². The molecule has 0 amide bonds. The van der Waals surface area contributed by atoms with Gasteiger partial charge in [-0.1, -0.05) is 12.1 Å². The highest BCUT2D eigenvalue weighted by atomic mass is 127. The highest BCUT2D eigenvalue weighted by molar-refractivity contribution is 14.1. The number of benzene rings is 1. The Balaban J connectivity index is 1.86.